The second-order valence-corrected chi connectivity index (χ2v) is 9.83. The largest absolute Gasteiger partial charge is 0.480 e. The average Bonchev–Trinajstić information content (AvgIpc) is 2.72. The maximum atomic E-state index is 13.5. The van der Waals surface area contributed by atoms with Crippen molar-refractivity contribution in [3.8, 4) is 0 Å². The Kier molecular flexibility index (Phi) is 7.09. The summed E-state index contributed by atoms with van der Waals surface area (Å²) < 4.78 is 28.3. The van der Waals surface area contributed by atoms with Crippen LogP contribution in [0.1, 0.15) is 43.2 Å². The number of aryl methyl sites for hydroxylation is 1. The lowest BCUT2D eigenvalue weighted by molar-refractivity contribution is -0.141. The van der Waals surface area contributed by atoms with Crippen LogP contribution in [0.15, 0.2) is 59.5 Å². The quantitative estimate of drug-likeness (QED) is 0.699. The molecule has 1 aliphatic rings. The van der Waals surface area contributed by atoms with Crippen molar-refractivity contribution in [3.05, 3.63) is 65.7 Å². The van der Waals surface area contributed by atoms with Crippen molar-refractivity contribution < 1.29 is 18.3 Å². The Balaban J connectivity index is 1.97. The summed E-state index contributed by atoms with van der Waals surface area (Å²) in [5, 5.41) is 9.98. The minimum atomic E-state index is -3.93. The molecule has 1 N–H and O–H groups in total. The highest BCUT2D eigenvalue weighted by molar-refractivity contribution is 7.89. The van der Waals surface area contributed by atoms with Crippen LogP contribution < -0.4 is 0 Å². The van der Waals surface area contributed by atoms with Gasteiger partial charge in [0.25, 0.3) is 0 Å². The Morgan fingerprint density at radius 1 is 1.03 bits per heavy atom. The molecule has 2 aromatic carbocycles. The van der Waals surface area contributed by atoms with Crippen LogP contribution in [0.3, 0.4) is 0 Å². The predicted molar refractivity (Wildman–Crippen MR) is 113 cm³/mol. The highest BCUT2D eigenvalue weighted by atomic mass is 32.2. The molecule has 0 heterocycles. The maximum absolute atomic E-state index is 13.5. The number of aliphatic carboxylic acids is 1. The van der Waals surface area contributed by atoms with Crippen molar-refractivity contribution in [3.63, 3.8) is 0 Å². The van der Waals surface area contributed by atoms with Gasteiger partial charge < -0.3 is 5.11 Å². The van der Waals surface area contributed by atoms with Gasteiger partial charge in [-0.2, -0.15) is 4.31 Å². The van der Waals surface area contributed by atoms with Crippen molar-refractivity contribution in [1.29, 1.82) is 0 Å². The number of rotatable bonds is 8. The third-order valence-corrected chi connectivity index (χ3v) is 7.58. The van der Waals surface area contributed by atoms with E-state index in [9.17, 15) is 18.3 Å². The second kappa shape index (κ2) is 9.55. The van der Waals surface area contributed by atoms with Gasteiger partial charge in [0, 0.05) is 6.54 Å². The summed E-state index contributed by atoms with van der Waals surface area (Å²) >= 11 is 0. The van der Waals surface area contributed by atoms with E-state index in [4.69, 9.17) is 0 Å². The molecular formula is C23H29NO4S. The fourth-order valence-electron chi connectivity index (χ4n) is 4.01. The first-order chi connectivity index (χ1) is 13.9. The summed E-state index contributed by atoms with van der Waals surface area (Å²) in [7, 11) is -3.93. The Labute approximate surface area is 173 Å². The number of sulfonamides is 1. The topological polar surface area (TPSA) is 74.7 Å². The smallest absolute Gasteiger partial charge is 0.322 e. The van der Waals surface area contributed by atoms with Gasteiger partial charge in [-0.1, -0.05) is 67.3 Å². The van der Waals surface area contributed by atoms with Crippen LogP contribution >= 0.6 is 0 Å². The molecular weight excluding hydrogens is 386 g/mol. The highest BCUT2D eigenvalue weighted by Crippen LogP contribution is 2.29. The average molecular weight is 416 g/mol. The zero-order valence-corrected chi connectivity index (χ0v) is 17.6. The van der Waals surface area contributed by atoms with E-state index in [1.165, 1.54) is 4.31 Å². The summed E-state index contributed by atoms with van der Waals surface area (Å²) in [5.74, 6) is -0.915. The number of carboxylic acids is 1. The molecule has 2 aromatic rings. The Hall–Kier alpha value is -2.18. The second-order valence-electron chi connectivity index (χ2n) is 7.94. The summed E-state index contributed by atoms with van der Waals surface area (Å²) in [6, 6.07) is 14.7. The third kappa shape index (κ3) is 5.46. The molecule has 0 amide bonds. The van der Waals surface area contributed by atoms with Crippen LogP contribution in [0.5, 0.6) is 0 Å². The van der Waals surface area contributed by atoms with Crippen molar-refractivity contribution in [2.75, 3.05) is 6.54 Å². The van der Waals surface area contributed by atoms with E-state index in [2.05, 4.69) is 0 Å². The lowest BCUT2D eigenvalue weighted by atomic mass is 9.89. The summed E-state index contributed by atoms with van der Waals surface area (Å²) in [5.41, 5.74) is 1.77. The SMILES string of the molecule is Cc1ccc(S(=O)(=O)N(CC2CCCCC2)[C@@H](Cc2ccccc2)C(=O)O)cc1. The molecule has 156 valence electrons. The van der Waals surface area contributed by atoms with Gasteiger partial charge in [-0.05, 0) is 49.8 Å². The van der Waals surface area contributed by atoms with Gasteiger partial charge in [-0.3, -0.25) is 4.79 Å². The van der Waals surface area contributed by atoms with Gasteiger partial charge in [0.1, 0.15) is 6.04 Å². The van der Waals surface area contributed by atoms with Crippen molar-refractivity contribution >= 4 is 16.0 Å². The monoisotopic (exact) mass is 415 g/mol. The molecule has 0 spiro atoms. The van der Waals surface area contributed by atoms with Crippen molar-refractivity contribution in [1.82, 2.24) is 4.31 Å². The lowest BCUT2D eigenvalue weighted by Crippen LogP contribution is -2.48. The van der Waals surface area contributed by atoms with Crippen LogP contribution in [0.2, 0.25) is 0 Å². The molecule has 0 aliphatic heterocycles. The first-order valence-electron chi connectivity index (χ1n) is 10.2. The standard InChI is InChI=1S/C23H29NO4S/c1-18-12-14-21(15-13-18)29(27,28)24(17-20-10-6-3-7-11-20)22(23(25)26)16-19-8-4-2-5-9-19/h2,4-5,8-9,12-15,20,22H,3,6-7,10-11,16-17H2,1H3,(H,25,26)/t22-/m0/s1. The first kappa shape index (κ1) is 21.5. The molecule has 1 saturated carbocycles. The van der Waals surface area contributed by atoms with Crippen LogP contribution in [0.4, 0.5) is 0 Å². The fourth-order valence-corrected chi connectivity index (χ4v) is 5.67. The number of nitrogens with zero attached hydrogens (tertiary/aromatic N) is 1. The lowest BCUT2D eigenvalue weighted by Gasteiger charge is -2.33. The molecule has 0 saturated heterocycles. The van der Waals surface area contributed by atoms with E-state index in [0.29, 0.717) is 0 Å². The number of hydrogen-bond acceptors (Lipinski definition) is 3. The molecule has 0 unspecified atom stereocenters. The van der Waals surface area contributed by atoms with E-state index < -0.39 is 22.0 Å². The Bertz CT molecular complexity index is 904. The van der Waals surface area contributed by atoms with Crippen LogP contribution in [0.25, 0.3) is 0 Å². The van der Waals surface area contributed by atoms with Crippen molar-refractivity contribution in [2.45, 2.75) is 56.4 Å². The van der Waals surface area contributed by atoms with Gasteiger partial charge in [-0.25, -0.2) is 8.42 Å². The number of benzene rings is 2. The highest BCUT2D eigenvalue weighted by Gasteiger charge is 2.37. The Morgan fingerprint density at radius 2 is 1.66 bits per heavy atom. The molecule has 0 aromatic heterocycles. The van der Waals surface area contributed by atoms with E-state index in [0.717, 1.165) is 43.2 Å². The molecule has 0 bridgehead atoms. The molecule has 1 atom stereocenters. The Morgan fingerprint density at radius 3 is 2.24 bits per heavy atom. The maximum Gasteiger partial charge on any atom is 0.322 e. The van der Waals surface area contributed by atoms with E-state index >= 15 is 0 Å². The molecule has 0 radical (unpaired) electrons. The van der Waals surface area contributed by atoms with Gasteiger partial charge >= 0.3 is 5.97 Å². The molecule has 3 rings (SSSR count). The van der Waals surface area contributed by atoms with E-state index in [1.807, 2.05) is 37.3 Å². The minimum Gasteiger partial charge on any atom is -0.480 e. The van der Waals surface area contributed by atoms with Gasteiger partial charge in [0.05, 0.1) is 4.90 Å². The predicted octanol–water partition coefficient (Wildman–Crippen LogP) is 4.26. The molecule has 1 fully saturated rings. The summed E-state index contributed by atoms with van der Waals surface area (Å²) in [4.78, 5) is 12.4. The van der Waals surface area contributed by atoms with Crippen LogP contribution in [-0.2, 0) is 21.2 Å². The zero-order valence-electron chi connectivity index (χ0n) is 16.8. The fraction of sp³-hybridized carbons (Fsp3) is 0.435. The summed E-state index contributed by atoms with van der Waals surface area (Å²) in [6.45, 7) is 2.14. The molecule has 1 aliphatic carbocycles. The van der Waals surface area contributed by atoms with Gasteiger partial charge in [-0.15, -0.1) is 0 Å². The van der Waals surface area contributed by atoms with Crippen LogP contribution in [-0.4, -0.2) is 36.4 Å². The van der Waals surface area contributed by atoms with E-state index in [1.54, 1.807) is 24.3 Å². The third-order valence-electron chi connectivity index (χ3n) is 5.70. The number of hydrogen-bond donors (Lipinski definition) is 1. The van der Waals surface area contributed by atoms with E-state index in [-0.39, 0.29) is 23.8 Å². The minimum absolute atomic E-state index is 0.147. The van der Waals surface area contributed by atoms with Crippen LogP contribution in [0, 0.1) is 12.8 Å². The number of carboxylic acid groups (broad SMARTS) is 1. The zero-order chi connectivity index (χ0) is 20.9. The van der Waals surface area contributed by atoms with Crippen molar-refractivity contribution in [2.24, 2.45) is 5.92 Å². The molecule has 29 heavy (non-hydrogen) atoms. The summed E-state index contributed by atoms with van der Waals surface area (Å²) in [6.07, 6.45) is 5.33. The molecule has 6 heteroatoms. The molecule has 5 nitrogen and oxygen atoms in total. The number of carbonyl (C=O) groups is 1. The first-order valence-corrected chi connectivity index (χ1v) is 11.7. The normalized spacial score (nSPS) is 16.6. The van der Waals surface area contributed by atoms with Gasteiger partial charge in [0.15, 0.2) is 0 Å². The van der Waals surface area contributed by atoms with Gasteiger partial charge in [0.2, 0.25) is 10.0 Å².